The Morgan fingerprint density at radius 1 is 1.11 bits per heavy atom. The van der Waals surface area contributed by atoms with Gasteiger partial charge < -0.3 is 0 Å². The minimum Gasteiger partial charge on any atom is -0.120 e. The molecule has 0 bridgehead atoms. The first-order chi connectivity index (χ1) is 3.93. The Morgan fingerprint density at radius 2 is 1.67 bits per heavy atom. The summed E-state index contributed by atoms with van der Waals surface area (Å²) in [5.74, 6) is 3.42. The van der Waals surface area contributed by atoms with E-state index < -0.39 is 0 Å². The molecule has 0 heterocycles. The Bertz CT molecular complexity index is 91.1. The van der Waals surface area contributed by atoms with Crippen molar-refractivity contribution in [3.8, 4) is 12.3 Å². The molecule has 0 heteroatoms. The summed E-state index contributed by atoms with van der Waals surface area (Å²) in [5, 5.41) is 0. The molecule has 0 unspecified atom stereocenters. The van der Waals surface area contributed by atoms with Gasteiger partial charge >= 0.3 is 0 Å². The van der Waals surface area contributed by atoms with Gasteiger partial charge in [-0.25, -0.2) is 0 Å². The standard InChI is InChI=1S/C8H12.CH4/c1-2-8-6-4-3-5-7-8;/h1,8H,3-7H2;1H4. The highest BCUT2D eigenvalue weighted by atomic mass is 14.1. The van der Waals surface area contributed by atoms with Crippen LogP contribution in [0.3, 0.4) is 0 Å². The van der Waals surface area contributed by atoms with E-state index in [4.69, 9.17) is 6.42 Å². The summed E-state index contributed by atoms with van der Waals surface area (Å²) >= 11 is 0. The predicted molar refractivity (Wildman–Crippen MR) is 42.1 cm³/mol. The first-order valence-electron chi connectivity index (χ1n) is 3.39. The van der Waals surface area contributed by atoms with E-state index in [-0.39, 0.29) is 7.43 Å². The number of rotatable bonds is 0. The number of hydrogen-bond donors (Lipinski definition) is 0. The minimum absolute atomic E-state index is 0. The molecule has 1 saturated carbocycles. The second kappa shape index (κ2) is 4.44. The summed E-state index contributed by atoms with van der Waals surface area (Å²) in [5.41, 5.74) is 0. The van der Waals surface area contributed by atoms with Gasteiger partial charge in [0.1, 0.15) is 0 Å². The molecule has 0 N–H and O–H groups in total. The molecule has 0 amide bonds. The zero-order valence-electron chi connectivity index (χ0n) is 5.19. The van der Waals surface area contributed by atoms with Crippen LogP contribution in [0.5, 0.6) is 0 Å². The molecule has 1 rings (SSSR count). The van der Waals surface area contributed by atoms with Gasteiger partial charge in [0.15, 0.2) is 0 Å². The van der Waals surface area contributed by atoms with Gasteiger partial charge in [0.25, 0.3) is 0 Å². The lowest BCUT2D eigenvalue weighted by Crippen LogP contribution is -2.02. The van der Waals surface area contributed by atoms with E-state index in [0.717, 1.165) is 0 Å². The van der Waals surface area contributed by atoms with Gasteiger partial charge in [-0.15, -0.1) is 12.3 Å². The normalized spacial score (nSPS) is 19.9. The molecule has 0 aromatic heterocycles. The van der Waals surface area contributed by atoms with E-state index in [1.54, 1.807) is 0 Å². The van der Waals surface area contributed by atoms with Crippen molar-refractivity contribution in [1.82, 2.24) is 0 Å². The molecular weight excluding hydrogens is 108 g/mol. The third-order valence-corrected chi connectivity index (χ3v) is 1.84. The van der Waals surface area contributed by atoms with Crippen LogP contribution in [0.1, 0.15) is 39.5 Å². The van der Waals surface area contributed by atoms with Gasteiger partial charge in [-0.2, -0.15) is 0 Å². The van der Waals surface area contributed by atoms with Crippen LogP contribution in [-0.2, 0) is 0 Å². The molecule has 0 atom stereocenters. The molecule has 0 spiro atoms. The maximum absolute atomic E-state index is 5.25. The monoisotopic (exact) mass is 124 g/mol. The summed E-state index contributed by atoms with van der Waals surface area (Å²) in [4.78, 5) is 0. The van der Waals surface area contributed by atoms with Crippen LogP contribution < -0.4 is 0 Å². The fraction of sp³-hybridized carbons (Fsp3) is 0.778. The van der Waals surface area contributed by atoms with Crippen LogP contribution in [0.25, 0.3) is 0 Å². The van der Waals surface area contributed by atoms with Gasteiger partial charge in [0.05, 0.1) is 0 Å². The van der Waals surface area contributed by atoms with Crippen LogP contribution in [0, 0.1) is 18.3 Å². The van der Waals surface area contributed by atoms with E-state index in [0.29, 0.717) is 5.92 Å². The molecule has 0 aliphatic heterocycles. The fourth-order valence-corrected chi connectivity index (χ4v) is 1.27. The molecule has 0 saturated heterocycles. The van der Waals surface area contributed by atoms with E-state index in [1.807, 2.05) is 0 Å². The van der Waals surface area contributed by atoms with Crippen molar-refractivity contribution in [3.05, 3.63) is 0 Å². The SMILES string of the molecule is C.C#CC1CCCCC1. The lowest BCUT2D eigenvalue weighted by atomic mass is 9.90. The molecule has 0 aromatic carbocycles. The van der Waals surface area contributed by atoms with E-state index in [2.05, 4.69) is 5.92 Å². The zero-order valence-corrected chi connectivity index (χ0v) is 5.19. The van der Waals surface area contributed by atoms with Crippen molar-refractivity contribution >= 4 is 0 Å². The molecule has 9 heavy (non-hydrogen) atoms. The van der Waals surface area contributed by atoms with Crippen molar-refractivity contribution in [2.45, 2.75) is 39.5 Å². The van der Waals surface area contributed by atoms with Crippen LogP contribution in [0.4, 0.5) is 0 Å². The molecule has 0 nitrogen and oxygen atoms in total. The van der Waals surface area contributed by atoms with Crippen LogP contribution >= 0.6 is 0 Å². The lowest BCUT2D eigenvalue weighted by molar-refractivity contribution is 0.430. The quantitative estimate of drug-likeness (QED) is 0.436. The van der Waals surface area contributed by atoms with Crippen molar-refractivity contribution in [2.24, 2.45) is 5.92 Å². The number of hydrogen-bond acceptors (Lipinski definition) is 0. The third-order valence-electron chi connectivity index (χ3n) is 1.84. The Hall–Kier alpha value is -0.440. The average molecular weight is 124 g/mol. The summed E-state index contributed by atoms with van der Waals surface area (Å²) < 4.78 is 0. The van der Waals surface area contributed by atoms with Crippen molar-refractivity contribution in [2.75, 3.05) is 0 Å². The fourth-order valence-electron chi connectivity index (χ4n) is 1.27. The molecule has 1 fully saturated rings. The summed E-state index contributed by atoms with van der Waals surface area (Å²) in [6, 6.07) is 0. The van der Waals surface area contributed by atoms with Crippen molar-refractivity contribution in [3.63, 3.8) is 0 Å². The second-order valence-electron chi connectivity index (χ2n) is 2.50. The number of terminal acetylenes is 1. The largest absolute Gasteiger partial charge is 0.120 e. The molecule has 52 valence electrons. The minimum atomic E-state index is 0. The van der Waals surface area contributed by atoms with Gasteiger partial charge in [-0.05, 0) is 12.8 Å². The first kappa shape index (κ1) is 8.56. The Morgan fingerprint density at radius 3 is 2.00 bits per heavy atom. The average Bonchev–Trinajstić information content (AvgIpc) is 1.90. The molecule has 1 aliphatic rings. The Kier molecular flexibility index (Phi) is 4.22. The topological polar surface area (TPSA) is 0 Å². The zero-order chi connectivity index (χ0) is 5.82. The van der Waals surface area contributed by atoms with Crippen LogP contribution in [0.2, 0.25) is 0 Å². The summed E-state index contributed by atoms with van der Waals surface area (Å²) in [6.07, 6.45) is 11.9. The van der Waals surface area contributed by atoms with Gasteiger partial charge in [0.2, 0.25) is 0 Å². The van der Waals surface area contributed by atoms with Crippen molar-refractivity contribution in [1.29, 1.82) is 0 Å². The summed E-state index contributed by atoms with van der Waals surface area (Å²) in [7, 11) is 0. The lowest BCUT2D eigenvalue weighted by Gasteiger charge is -2.14. The van der Waals surface area contributed by atoms with Gasteiger partial charge in [-0.1, -0.05) is 26.7 Å². The first-order valence-corrected chi connectivity index (χ1v) is 3.39. The molecule has 1 aliphatic carbocycles. The van der Waals surface area contributed by atoms with Crippen LogP contribution in [0.15, 0.2) is 0 Å². The van der Waals surface area contributed by atoms with E-state index in [1.165, 1.54) is 32.1 Å². The molecular formula is C9H16. The maximum atomic E-state index is 5.25. The highest BCUT2D eigenvalue weighted by molar-refractivity contribution is 4.93. The molecule has 0 radical (unpaired) electrons. The highest BCUT2D eigenvalue weighted by Gasteiger charge is 2.08. The smallest absolute Gasteiger partial charge is 0.0200 e. The van der Waals surface area contributed by atoms with Crippen molar-refractivity contribution < 1.29 is 0 Å². The second-order valence-corrected chi connectivity index (χ2v) is 2.50. The predicted octanol–water partition coefficient (Wildman–Crippen LogP) is 2.84. The Balaban J connectivity index is 0.000000640. The van der Waals surface area contributed by atoms with E-state index in [9.17, 15) is 0 Å². The Labute approximate surface area is 58.7 Å². The van der Waals surface area contributed by atoms with E-state index >= 15 is 0 Å². The molecule has 0 aromatic rings. The maximum Gasteiger partial charge on any atom is 0.0200 e. The third kappa shape index (κ3) is 2.56. The summed E-state index contributed by atoms with van der Waals surface area (Å²) in [6.45, 7) is 0. The van der Waals surface area contributed by atoms with Gasteiger partial charge in [-0.3, -0.25) is 0 Å². The highest BCUT2D eigenvalue weighted by Crippen LogP contribution is 2.22. The van der Waals surface area contributed by atoms with Gasteiger partial charge in [0, 0.05) is 5.92 Å². The van der Waals surface area contributed by atoms with Crippen LogP contribution in [-0.4, -0.2) is 0 Å².